The molecule has 188 valence electrons. The second-order valence-electron chi connectivity index (χ2n) is 9.28. The largest absolute Gasteiger partial charge is 0.493 e. The normalized spacial score (nSPS) is 18.4. The van der Waals surface area contributed by atoms with Crippen molar-refractivity contribution in [1.29, 1.82) is 0 Å². The molecule has 0 radical (unpaired) electrons. The summed E-state index contributed by atoms with van der Waals surface area (Å²) < 4.78 is 11.8. The van der Waals surface area contributed by atoms with E-state index >= 15 is 0 Å². The lowest BCUT2D eigenvalue weighted by molar-refractivity contribution is 0.0697. The highest BCUT2D eigenvalue weighted by Crippen LogP contribution is 2.50. The van der Waals surface area contributed by atoms with Crippen LogP contribution < -0.4 is 14.8 Å². The summed E-state index contributed by atoms with van der Waals surface area (Å²) in [6.07, 6.45) is 0. The number of methoxy groups -OCH3 is 2. The summed E-state index contributed by atoms with van der Waals surface area (Å²) in [7, 11) is 3.24. The summed E-state index contributed by atoms with van der Waals surface area (Å²) in [5.41, 5.74) is 6.25. The average Bonchev–Trinajstić information content (AvgIpc) is 2.92. The SMILES string of the molecule is COc1ccc([C@@H]2c3cc(Br)cc(C(=O)O)c3N[C@@H](c3ccc(-c4ccccc4)cc3)[C@H]2C)cc1OC. The van der Waals surface area contributed by atoms with Crippen LogP contribution in [0.1, 0.15) is 45.9 Å². The van der Waals surface area contributed by atoms with Crippen LogP contribution in [0.2, 0.25) is 0 Å². The highest BCUT2D eigenvalue weighted by atomic mass is 79.9. The summed E-state index contributed by atoms with van der Waals surface area (Å²) in [6, 6.07) is 28.3. The predicted molar refractivity (Wildman–Crippen MR) is 150 cm³/mol. The van der Waals surface area contributed by atoms with Crippen LogP contribution in [-0.4, -0.2) is 25.3 Å². The third-order valence-electron chi connectivity index (χ3n) is 7.19. The Morgan fingerprint density at radius 2 is 1.49 bits per heavy atom. The molecule has 0 aliphatic carbocycles. The lowest BCUT2D eigenvalue weighted by atomic mass is 9.72. The Labute approximate surface area is 225 Å². The second kappa shape index (κ2) is 10.3. The fourth-order valence-corrected chi connectivity index (χ4v) is 5.87. The monoisotopic (exact) mass is 557 g/mol. The highest BCUT2D eigenvalue weighted by Gasteiger charge is 2.38. The number of nitrogens with one attached hydrogen (secondary N) is 1. The van der Waals surface area contributed by atoms with Crippen molar-refractivity contribution in [2.24, 2.45) is 5.92 Å². The van der Waals surface area contributed by atoms with Crippen molar-refractivity contribution in [3.8, 4) is 22.6 Å². The molecule has 4 aromatic rings. The van der Waals surface area contributed by atoms with Gasteiger partial charge in [0, 0.05) is 10.4 Å². The summed E-state index contributed by atoms with van der Waals surface area (Å²) >= 11 is 3.53. The molecule has 0 saturated heterocycles. The maximum atomic E-state index is 12.3. The Balaban J connectivity index is 1.63. The number of carbonyl (C=O) groups is 1. The van der Waals surface area contributed by atoms with Crippen LogP contribution in [0.25, 0.3) is 11.1 Å². The zero-order valence-corrected chi connectivity index (χ0v) is 22.5. The van der Waals surface area contributed by atoms with Crippen molar-refractivity contribution >= 4 is 27.6 Å². The van der Waals surface area contributed by atoms with Crippen LogP contribution in [0.5, 0.6) is 11.5 Å². The summed E-state index contributed by atoms with van der Waals surface area (Å²) in [4.78, 5) is 12.3. The lowest BCUT2D eigenvalue weighted by Crippen LogP contribution is -2.32. The van der Waals surface area contributed by atoms with Crippen LogP contribution in [0.15, 0.2) is 89.4 Å². The zero-order chi connectivity index (χ0) is 26.1. The molecular weight excluding hydrogens is 530 g/mol. The quantitative estimate of drug-likeness (QED) is 0.253. The van der Waals surface area contributed by atoms with Gasteiger partial charge in [-0.05, 0) is 58.0 Å². The zero-order valence-electron chi connectivity index (χ0n) is 20.9. The summed E-state index contributed by atoms with van der Waals surface area (Å²) in [5.74, 6) is 0.351. The van der Waals surface area contributed by atoms with E-state index in [1.54, 1.807) is 20.3 Å². The van der Waals surface area contributed by atoms with Crippen molar-refractivity contribution in [2.75, 3.05) is 19.5 Å². The molecular formula is C31H28BrNO4. The third-order valence-corrected chi connectivity index (χ3v) is 7.65. The van der Waals surface area contributed by atoms with Crippen LogP contribution in [0.4, 0.5) is 5.69 Å². The van der Waals surface area contributed by atoms with Crippen molar-refractivity contribution < 1.29 is 19.4 Å². The van der Waals surface area contributed by atoms with E-state index in [1.165, 1.54) is 0 Å². The number of anilines is 1. The molecule has 0 amide bonds. The minimum atomic E-state index is -0.969. The molecule has 1 heterocycles. The van der Waals surface area contributed by atoms with Gasteiger partial charge >= 0.3 is 5.97 Å². The molecule has 0 aromatic heterocycles. The van der Waals surface area contributed by atoms with Gasteiger partial charge in [0.15, 0.2) is 11.5 Å². The van der Waals surface area contributed by atoms with E-state index in [9.17, 15) is 9.90 Å². The number of hydrogen-bond acceptors (Lipinski definition) is 4. The van der Waals surface area contributed by atoms with E-state index in [1.807, 2.05) is 42.5 Å². The fraction of sp³-hybridized carbons (Fsp3) is 0.194. The number of halogens is 1. The highest BCUT2D eigenvalue weighted by molar-refractivity contribution is 9.10. The first-order chi connectivity index (χ1) is 17.9. The third kappa shape index (κ3) is 4.69. The Morgan fingerprint density at radius 1 is 0.838 bits per heavy atom. The van der Waals surface area contributed by atoms with E-state index < -0.39 is 5.97 Å². The standard InChI is InChI=1S/C31H28BrNO4/c1-18-28(22-13-14-26(36-2)27(15-22)37-3)24-16-23(32)17-25(31(34)35)30(24)33-29(18)21-11-9-20(10-12-21)19-7-5-4-6-8-19/h4-18,28-29,33H,1-3H3,(H,34,35)/t18-,28+,29+/m0/s1. The molecule has 3 atom stereocenters. The van der Waals surface area contributed by atoms with Crippen LogP contribution in [-0.2, 0) is 0 Å². The van der Waals surface area contributed by atoms with E-state index in [2.05, 4.69) is 64.6 Å². The number of carboxylic acids is 1. The first kappa shape index (κ1) is 24.9. The number of fused-ring (bicyclic) bond motifs is 1. The van der Waals surface area contributed by atoms with Crippen LogP contribution >= 0.6 is 15.9 Å². The van der Waals surface area contributed by atoms with Crippen molar-refractivity contribution in [1.82, 2.24) is 0 Å². The molecule has 6 heteroatoms. The van der Waals surface area contributed by atoms with E-state index in [-0.39, 0.29) is 23.4 Å². The summed E-state index contributed by atoms with van der Waals surface area (Å²) in [5, 5.41) is 13.7. The maximum Gasteiger partial charge on any atom is 0.337 e. The number of aromatic carboxylic acids is 1. The molecule has 1 aliphatic heterocycles. The second-order valence-corrected chi connectivity index (χ2v) is 10.2. The molecule has 5 nitrogen and oxygen atoms in total. The Bertz CT molecular complexity index is 1440. The topological polar surface area (TPSA) is 67.8 Å². The Morgan fingerprint density at radius 3 is 2.14 bits per heavy atom. The van der Waals surface area contributed by atoms with Gasteiger partial charge < -0.3 is 19.9 Å². The van der Waals surface area contributed by atoms with Gasteiger partial charge in [-0.3, -0.25) is 0 Å². The predicted octanol–water partition coefficient (Wildman–Crippen LogP) is 7.77. The molecule has 0 spiro atoms. The lowest BCUT2D eigenvalue weighted by Gasteiger charge is -2.40. The van der Waals surface area contributed by atoms with E-state index in [0.29, 0.717) is 17.2 Å². The molecule has 1 aliphatic rings. The number of ether oxygens (including phenoxy) is 2. The van der Waals surface area contributed by atoms with Gasteiger partial charge in [0.1, 0.15) is 0 Å². The fourth-order valence-electron chi connectivity index (χ4n) is 5.40. The number of carboxylic acid groups (broad SMARTS) is 1. The molecule has 0 unspecified atom stereocenters. The average molecular weight is 558 g/mol. The summed E-state index contributed by atoms with van der Waals surface area (Å²) in [6.45, 7) is 2.20. The van der Waals surface area contributed by atoms with Gasteiger partial charge in [0.05, 0.1) is 31.5 Å². The van der Waals surface area contributed by atoms with Gasteiger partial charge in [0.2, 0.25) is 0 Å². The van der Waals surface area contributed by atoms with Gasteiger partial charge in [-0.25, -0.2) is 4.79 Å². The van der Waals surface area contributed by atoms with E-state index in [4.69, 9.17) is 9.47 Å². The van der Waals surface area contributed by atoms with Crippen molar-refractivity contribution in [3.05, 3.63) is 112 Å². The molecule has 0 bridgehead atoms. The molecule has 2 N–H and O–H groups in total. The minimum Gasteiger partial charge on any atom is -0.493 e. The first-order valence-corrected chi connectivity index (χ1v) is 12.9. The van der Waals surface area contributed by atoms with Gasteiger partial charge in [-0.1, -0.05) is 83.5 Å². The molecule has 5 rings (SSSR count). The van der Waals surface area contributed by atoms with Crippen molar-refractivity contribution in [2.45, 2.75) is 18.9 Å². The van der Waals surface area contributed by atoms with Gasteiger partial charge in [-0.2, -0.15) is 0 Å². The molecule has 0 saturated carbocycles. The van der Waals surface area contributed by atoms with Crippen LogP contribution in [0, 0.1) is 5.92 Å². The van der Waals surface area contributed by atoms with Crippen LogP contribution in [0.3, 0.4) is 0 Å². The minimum absolute atomic E-state index is 0.0783. The number of benzene rings is 4. The molecule has 37 heavy (non-hydrogen) atoms. The van der Waals surface area contributed by atoms with E-state index in [0.717, 1.165) is 32.3 Å². The maximum absolute atomic E-state index is 12.3. The first-order valence-electron chi connectivity index (χ1n) is 12.1. The molecule has 0 fully saturated rings. The van der Waals surface area contributed by atoms with Gasteiger partial charge in [-0.15, -0.1) is 0 Å². The molecule has 4 aromatic carbocycles. The Hall–Kier alpha value is -3.77. The number of rotatable bonds is 6. The van der Waals surface area contributed by atoms with Crippen molar-refractivity contribution in [3.63, 3.8) is 0 Å². The van der Waals surface area contributed by atoms with Gasteiger partial charge in [0.25, 0.3) is 0 Å². The smallest absolute Gasteiger partial charge is 0.337 e. The number of hydrogen-bond donors (Lipinski definition) is 2. The Kier molecular flexibility index (Phi) is 6.94.